The molecule has 6 heteroatoms. The number of esters is 1. The molecule has 0 atom stereocenters. The molecule has 2 aromatic heterocycles. The molecule has 0 aliphatic rings. The van der Waals surface area contributed by atoms with Crippen molar-refractivity contribution in [1.82, 2.24) is 9.97 Å². The molecule has 0 aromatic carbocycles. The number of aromatic amines is 1. The van der Waals surface area contributed by atoms with Crippen molar-refractivity contribution in [3.05, 3.63) is 27.6 Å². The fourth-order valence-electron chi connectivity index (χ4n) is 1.24. The van der Waals surface area contributed by atoms with Gasteiger partial charge < -0.3 is 9.72 Å². The summed E-state index contributed by atoms with van der Waals surface area (Å²) in [6, 6.07) is 0. The molecule has 2 rings (SSSR count). The van der Waals surface area contributed by atoms with E-state index in [9.17, 15) is 9.59 Å². The number of ether oxygens (including phenoxy) is 1. The van der Waals surface area contributed by atoms with Crippen molar-refractivity contribution in [3.8, 4) is 0 Å². The minimum Gasteiger partial charge on any atom is -0.462 e. The predicted octanol–water partition coefficient (Wildman–Crippen LogP) is 1.16. The van der Waals surface area contributed by atoms with Gasteiger partial charge in [-0.1, -0.05) is 0 Å². The first kappa shape index (κ1) is 9.85. The number of carbonyl (C=O) groups is 1. The summed E-state index contributed by atoms with van der Waals surface area (Å²) < 4.78 is 4.84. The van der Waals surface area contributed by atoms with Crippen LogP contribution in [-0.4, -0.2) is 22.5 Å². The van der Waals surface area contributed by atoms with E-state index in [1.807, 2.05) is 0 Å². The number of carbonyl (C=O) groups excluding carboxylic acids is 1. The number of hydrogen-bond acceptors (Lipinski definition) is 5. The van der Waals surface area contributed by atoms with Crippen molar-refractivity contribution in [3.63, 3.8) is 0 Å². The quantitative estimate of drug-likeness (QED) is 0.777. The molecule has 0 aliphatic carbocycles. The monoisotopic (exact) mass is 224 g/mol. The molecule has 78 valence electrons. The summed E-state index contributed by atoms with van der Waals surface area (Å²) in [4.78, 5) is 29.9. The SMILES string of the molecule is CCOC(=O)c1csc2nc[nH]c(=O)c12. The lowest BCUT2D eigenvalue weighted by molar-refractivity contribution is 0.0529. The van der Waals surface area contributed by atoms with E-state index in [0.29, 0.717) is 10.2 Å². The van der Waals surface area contributed by atoms with Crippen LogP contribution in [0.2, 0.25) is 0 Å². The molecule has 2 heterocycles. The fourth-order valence-corrected chi connectivity index (χ4v) is 2.12. The number of hydrogen-bond donors (Lipinski definition) is 1. The van der Waals surface area contributed by atoms with Crippen LogP contribution in [0.5, 0.6) is 0 Å². The summed E-state index contributed by atoms with van der Waals surface area (Å²) >= 11 is 1.25. The zero-order chi connectivity index (χ0) is 10.8. The van der Waals surface area contributed by atoms with Crippen molar-refractivity contribution in [1.29, 1.82) is 0 Å². The first-order valence-corrected chi connectivity index (χ1v) is 5.24. The van der Waals surface area contributed by atoms with Gasteiger partial charge in [-0.05, 0) is 6.92 Å². The Balaban J connectivity index is 2.62. The van der Waals surface area contributed by atoms with E-state index in [0.717, 1.165) is 0 Å². The lowest BCUT2D eigenvalue weighted by Crippen LogP contribution is -2.11. The molecule has 0 saturated carbocycles. The van der Waals surface area contributed by atoms with E-state index in [1.54, 1.807) is 12.3 Å². The third-order valence-electron chi connectivity index (χ3n) is 1.87. The van der Waals surface area contributed by atoms with Crippen LogP contribution in [0.1, 0.15) is 17.3 Å². The van der Waals surface area contributed by atoms with Gasteiger partial charge in [0, 0.05) is 5.38 Å². The minimum absolute atomic E-state index is 0.284. The summed E-state index contributed by atoms with van der Waals surface area (Å²) in [7, 11) is 0. The predicted molar refractivity (Wildman–Crippen MR) is 56.2 cm³/mol. The van der Waals surface area contributed by atoms with E-state index in [-0.39, 0.29) is 17.7 Å². The molecular formula is C9H8N2O3S. The minimum atomic E-state index is -0.484. The van der Waals surface area contributed by atoms with Crippen LogP contribution in [-0.2, 0) is 4.74 Å². The summed E-state index contributed by atoms with van der Waals surface area (Å²) in [6.45, 7) is 2.00. The van der Waals surface area contributed by atoms with Crippen LogP contribution in [0.15, 0.2) is 16.5 Å². The number of thiophene rings is 1. The Morgan fingerprint density at radius 1 is 1.67 bits per heavy atom. The van der Waals surface area contributed by atoms with Gasteiger partial charge in [0.25, 0.3) is 5.56 Å². The number of aromatic nitrogens is 2. The molecule has 0 spiro atoms. The second kappa shape index (κ2) is 3.82. The Hall–Kier alpha value is -1.69. The van der Waals surface area contributed by atoms with Gasteiger partial charge in [-0.25, -0.2) is 9.78 Å². The van der Waals surface area contributed by atoms with Gasteiger partial charge in [-0.15, -0.1) is 11.3 Å². The zero-order valence-corrected chi connectivity index (χ0v) is 8.76. The second-order valence-electron chi connectivity index (χ2n) is 2.78. The molecule has 15 heavy (non-hydrogen) atoms. The Morgan fingerprint density at radius 2 is 2.47 bits per heavy atom. The number of H-pyrrole nitrogens is 1. The summed E-state index contributed by atoms with van der Waals surface area (Å²) in [5.41, 5.74) is -0.0319. The van der Waals surface area contributed by atoms with Gasteiger partial charge in [0.1, 0.15) is 4.83 Å². The molecule has 0 aliphatic heterocycles. The van der Waals surface area contributed by atoms with Crippen LogP contribution in [0.25, 0.3) is 10.2 Å². The van der Waals surface area contributed by atoms with Gasteiger partial charge in [0.15, 0.2) is 0 Å². The molecule has 0 fully saturated rings. The molecule has 0 unspecified atom stereocenters. The smallest absolute Gasteiger partial charge is 0.339 e. The maximum atomic E-state index is 11.5. The Bertz CT molecular complexity index is 558. The second-order valence-corrected chi connectivity index (χ2v) is 3.64. The highest BCUT2D eigenvalue weighted by atomic mass is 32.1. The Kier molecular flexibility index (Phi) is 2.51. The van der Waals surface area contributed by atoms with Gasteiger partial charge in [-0.3, -0.25) is 4.79 Å². The fraction of sp³-hybridized carbons (Fsp3) is 0.222. The molecule has 2 aromatic rings. The van der Waals surface area contributed by atoms with E-state index in [2.05, 4.69) is 9.97 Å². The van der Waals surface area contributed by atoms with Gasteiger partial charge >= 0.3 is 5.97 Å². The Morgan fingerprint density at radius 3 is 3.20 bits per heavy atom. The number of nitrogens with one attached hydrogen (secondary N) is 1. The summed E-state index contributed by atoms with van der Waals surface area (Å²) in [5, 5.41) is 1.89. The molecule has 1 N–H and O–H groups in total. The van der Waals surface area contributed by atoms with Crippen molar-refractivity contribution in [2.75, 3.05) is 6.61 Å². The maximum Gasteiger partial charge on any atom is 0.339 e. The van der Waals surface area contributed by atoms with E-state index < -0.39 is 5.97 Å². The van der Waals surface area contributed by atoms with Crippen molar-refractivity contribution < 1.29 is 9.53 Å². The van der Waals surface area contributed by atoms with Crippen molar-refractivity contribution in [2.24, 2.45) is 0 Å². The van der Waals surface area contributed by atoms with Crippen LogP contribution in [0, 0.1) is 0 Å². The number of rotatable bonds is 2. The van der Waals surface area contributed by atoms with E-state index in [4.69, 9.17) is 4.74 Å². The molecule has 0 saturated heterocycles. The average molecular weight is 224 g/mol. The van der Waals surface area contributed by atoms with E-state index in [1.165, 1.54) is 17.7 Å². The lowest BCUT2D eigenvalue weighted by atomic mass is 10.2. The molecule has 0 bridgehead atoms. The van der Waals surface area contributed by atoms with Gasteiger partial charge in [-0.2, -0.15) is 0 Å². The van der Waals surface area contributed by atoms with Gasteiger partial charge in [0.05, 0.1) is 23.9 Å². The number of nitrogens with zero attached hydrogens (tertiary/aromatic N) is 1. The summed E-state index contributed by atoms with van der Waals surface area (Å²) in [6.07, 6.45) is 1.32. The zero-order valence-electron chi connectivity index (χ0n) is 7.94. The molecule has 0 radical (unpaired) electrons. The van der Waals surface area contributed by atoms with E-state index >= 15 is 0 Å². The first-order valence-electron chi connectivity index (χ1n) is 4.36. The van der Waals surface area contributed by atoms with Crippen LogP contribution >= 0.6 is 11.3 Å². The third-order valence-corrected chi connectivity index (χ3v) is 2.76. The molecule has 5 nitrogen and oxygen atoms in total. The standard InChI is InChI=1S/C9H8N2O3S/c1-2-14-9(13)5-3-15-8-6(5)7(12)10-4-11-8/h3-4H,2H2,1H3,(H,10,11,12). The highest BCUT2D eigenvalue weighted by molar-refractivity contribution is 7.17. The normalized spacial score (nSPS) is 10.5. The third kappa shape index (κ3) is 1.63. The highest BCUT2D eigenvalue weighted by Crippen LogP contribution is 2.20. The average Bonchev–Trinajstić information content (AvgIpc) is 2.63. The molecular weight excluding hydrogens is 216 g/mol. The van der Waals surface area contributed by atoms with Crippen LogP contribution in [0.4, 0.5) is 0 Å². The first-order chi connectivity index (χ1) is 7.24. The number of fused-ring (bicyclic) bond motifs is 1. The highest BCUT2D eigenvalue weighted by Gasteiger charge is 2.16. The van der Waals surface area contributed by atoms with Crippen LogP contribution in [0.3, 0.4) is 0 Å². The lowest BCUT2D eigenvalue weighted by Gasteiger charge is -1.98. The van der Waals surface area contributed by atoms with Gasteiger partial charge in [0.2, 0.25) is 0 Å². The Labute approximate surface area is 88.7 Å². The largest absolute Gasteiger partial charge is 0.462 e. The molecule has 0 amide bonds. The van der Waals surface area contributed by atoms with Crippen molar-refractivity contribution >= 4 is 27.5 Å². The summed E-state index contributed by atoms with van der Waals surface area (Å²) in [5.74, 6) is -0.484. The topological polar surface area (TPSA) is 72.0 Å². The van der Waals surface area contributed by atoms with Crippen LogP contribution < -0.4 is 5.56 Å². The van der Waals surface area contributed by atoms with Crippen molar-refractivity contribution in [2.45, 2.75) is 6.92 Å². The maximum absolute atomic E-state index is 11.5.